The van der Waals surface area contributed by atoms with Gasteiger partial charge in [0.05, 0.1) is 17.7 Å². The lowest BCUT2D eigenvalue weighted by molar-refractivity contribution is -0.119. The predicted molar refractivity (Wildman–Crippen MR) is 106 cm³/mol. The molecule has 1 heterocycles. The van der Waals surface area contributed by atoms with Crippen LogP contribution >= 0.6 is 11.3 Å². The zero-order valence-electron chi connectivity index (χ0n) is 15.7. The van der Waals surface area contributed by atoms with Gasteiger partial charge in [-0.25, -0.2) is 9.59 Å². The van der Waals surface area contributed by atoms with Gasteiger partial charge >= 0.3 is 11.9 Å². The van der Waals surface area contributed by atoms with Crippen LogP contribution in [0.1, 0.15) is 62.3 Å². The number of primary amides is 1. The van der Waals surface area contributed by atoms with Crippen LogP contribution in [-0.2, 0) is 14.3 Å². The highest BCUT2D eigenvalue weighted by Crippen LogP contribution is 2.46. The molecule has 0 saturated heterocycles. The molecule has 0 unspecified atom stereocenters. The number of carbonyl (C=O) groups excluding carboxylic acids is 4. The predicted octanol–water partition coefficient (Wildman–Crippen LogP) is 2.70. The van der Waals surface area contributed by atoms with E-state index in [0.29, 0.717) is 16.5 Å². The van der Waals surface area contributed by atoms with E-state index in [1.807, 2.05) is 5.38 Å². The van der Waals surface area contributed by atoms with E-state index >= 15 is 0 Å². The molecule has 1 fully saturated rings. The zero-order valence-corrected chi connectivity index (χ0v) is 16.5. The summed E-state index contributed by atoms with van der Waals surface area (Å²) >= 11 is 1.24. The summed E-state index contributed by atoms with van der Waals surface area (Å²) < 4.78 is 10.1. The fourth-order valence-electron chi connectivity index (χ4n) is 2.72. The lowest BCUT2D eigenvalue weighted by atomic mass is 10.1. The van der Waals surface area contributed by atoms with Gasteiger partial charge in [-0.1, -0.05) is 0 Å². The summed E-state index contributed by atoms with van der Waals surface area (Å²) in [4.78, 5) is 47.6. The Morgan fingerprint density at radius 2 is 1.72 bits per heavy atom. The van der Waals surface area contributed by atoms with Crippen LogP contribution in [-0.4, -0.2) is 37.0 Å². The van der Waals surface area contributed by atoms with Gasteiger partial charge in [0.15, 0.2) is 6.61 Å². The molecule has 0 spiro atoms. The first kappa shape index (κ1) is 20.5. The molecule has 152 valence electrons. The number of hydrogen-bond donors (Lipinski definition) is 2. The molecule has 0 radical (unpaired) electrons. The number of carbonyl (C=O) groups is 4. The summed E-state index contributed by atoms with van der Waals surface area (Å²) in [6, 6.07) is 5.58. The second kappa shape index (κ2) is 8.87. The summed E-state index contributed by atoms with van der Waals surface area (Å²) in [6.07, 6.45) is 2.01. The molecule has 0 bridgehead atoms. The first-order valence-electron chi connectivity index (χ1n) is 9.06. The highest BCUT2D eigenvalue weighted by atomic mass is 32.1. The molecule has 0 aliphatic heterocycles. The first-order valence-corrected chi connectivity index (χ1v) is 9.94. The third-order valence-electron chi connectivity index (χ3n) is 4.31. The average Bonchev–Trinajstić information content (AvgIpc) is 3.46. The van der Waals surface area contributed by atoms with Gasteiger partial charge < -0.3 is 20.5 Å². The van der Waals surface area contributed by atoms with Crippen molar-refractivity contribution in [1.82, 2.24) is 0 Å². The normalized spacial score (nSPS) is 12.9. The maximum atomic E-state index is 12.3. The van der Waals surface area contributed by atoms with Crippen LogP contribution in [0.4, 0.5) is 5.00 Å². The molecule has 0 atom stereocenters. The fraction of sp³-hybridized carbons (Fsp3) is 0.300. The Kier molecular flexibility index (Phi) is 6.28. The zero-order chi connectivity index (χ0) is 21.0. The monoisotopic (exact) mass is 416 g/mol. The van der Waals surface area contributed by atoms with Crippen LogP contribution < -0.4 is 11.1 Å². The number of nitrogens with one attached hydrogen (secondary N) is 1. The van der Waals surface area contributed by atoms with Gasteiger partial charge in [-0.3, -0.25) is 9.59 Å². The molecule has 1 saturated carbocycles. The fourth-order valence-corrected chi connectivity index (χ4v) is 3.77. The topological polar surface area (TPSA) is 125 Å². The summed E-state index contributed by atoms with van der Waals surface area (Å²) in [5, 5.41) is 4.86. The Balaban J connectivity index is 1.61. The van der Waals surface area contributed by atoms with Crippen molar-refractivity contribution < 1.29 is 28.7 Å². The van der Waals surface area contributed by atoms with Gasteiger partial charge in [0, 0.05) is 5.56 Å². The van der Waals surface area contributed by atoms with Crippen LogP contribution in [0.5, 0.6) is 0 Å². The molecule has 1 aromatic carbocycles. The van der Waals surface area contributed by atoms with Crippen molar-refractivity contribution in [2.45, 2.75) is 25.7 Å². The highest BCUT2D eigenvalue weighted by Gasteiger charge is 2.32. The minimum atomic E-state index is -0.716. The Bertz CT molecular complexity index is 946. The number of ether oxygens (including phenoxy) is 2. The van der Waals surface area contributed by atoms with E-state index in [2.05, 4.69) is 5.32 Å². The van der Waals surface area contributed by atoms with E-state index in [1.165, 1.54) is 35.6 Å². The maximum Gasteiger partial charge on any atom is 0.341 e. The van der Waals surface area contributed by atoms with Crippen molar-refractivity contribution >= 4 is 40.1 Å². The number of anilines is 1. The van der Waals surface area contributed by atoms with Gasteiger partial charge in [0.2, 0.25) is 5.91 Å². The van der Waals surface area contributed by atoms with Crippen molar-refractivity contribution in [3.8, 4) is 0 Å². The van der Waals surface area contributed by atoms with Crippen LogP contribution in [0.2, 0.25) is 0 Å². The third-order valence-corrected chi connectivity index (χ3v) is 5.22. The quantitative estimate of drug-likeness (QED) is 0.638. The number of hydrogen-bond acceptors (Lipinski definition) is 7. The largest absolute Gasteiger partial charge is 0.462 e. The van der Waals surface area contributed by atoms with Crippen molar-refractivity contribution in [1.29, 1.82) is 0 Å². The number of rotatable bonds is 8. The van der Waals surface area contributed by atoms with Crippen LogP contribution in [0.3, 0.4) is 0 Å². The van der Waals surface area contributed by atoms with Gasteiger partial charge in [0.25, 0.3) is 5.91 Å². The Morgan fingerprint density at radius 1 is 1.07 bits per heavy atom. The standard InChI is InChI=1S/C20H20N2O6S/c1-2-27-20(26)16-14(11-3-4-11)10-29-18(16)22-15(23)9-28-19(25)13-7-5-12(6-8-13)17(21)24/h5-8,10-11H,2-4,9H2,1H3,(H2,21,24)(H,22,23). The maximum absolute atomic E-state index is 12.3. The Hall–Kier alpha value is -3.20. The third kappa shape index (κ3) is 5.00. The summed E-state index contributed by atoms with van der Waals surface area (Å²) in [5.74, 6) is -2.05. The molecular weight excluding hydrogens is 396 g/mol. The molecule has 9 heteroatoms. The summed E-state index contributed by atoms with van der Waals surface area (Å²) in [7, 11) is 0. The van der Waals surface area contributed by atoms with Gasteiger partial charge in [-0.2, -0.15) is 0 Å². The van der Waals surface area contributed by atoms with E-state index in [-0.39, 0.29) is 17.7 Å². The van der Waals surface area contributed by atoms with Crippen LogP contribution in [0.25, 0.3) is 0 Å². The molecule has 3 rings (SSSR count). The number of nitrogens with two attached hydrogens (primary N) is 1. The van der Waals surface area contributed by atoms with Gasteiger partial charge in [-0.15, -0.1) is 11.3 Å². The number of thiophene rings is 1. The summed E-state index contributed by atoms with van der Waals surface area (Å²) in [6.45, 7) is 1.43. The molecule has 8 nitrogen and oxygen atoms in total. The van der Waals surface area contributed by atoms with E-state index in [0.717, 1.165) is 18.4 Å². The molecule has 2 aromatic rings. The second-order valence-corrected chi connectivity index (χ2v) is 7.34. The van der Waals surface area contributed by atoms with Gasteiger partial charge in [0.1, 0.15) is 5.00 Å². The number of benzene rings is 1. The molecule has 1 aromatic heterocycles. The molecule has 1 aliphatic rings. The lowest BCUT2D eigenvalue weighted by Gasteiger charge is -2.09. The molecule has 3 N–H and O–H groups in total. The van der Waals surface area contributed by atoms with Crippen LogP contribution in [0.15, 0.2) is 29.6 Å². The van der Waals surface area contributed by atoms with E-state index in [1.54, 1.807) is 6.92 Å². The molecule has 1 aliphatic carbocycles. The average molecular weight is 416 g/mol. The van der Waals surface area contributed by atoms with E-state index in [9.17, 15) is 19.2 Å². The second-order valence-electron chi connectivity index (χ2n) is 6.46. The number of esters is 2. The SMILES string of the molecule is CCOC(=O)c1c(C2CC2)csc1NC(=O)COC(=O)c1ccc(C(N)=O)cc1. The lowest BCUT2D eigenvalue weighted by Crippen LogP contribution is -2.22. The van der Waals surface area contributed by atoms with Gasteiger partial charge in [-0.05, 0) is 60.9 Å². The minimum absolute atomic E-state index is 0.183. The molecular formula is C20H20N2O6S. The van der Waals surface area contributed by atoms with Crippen molar-refractivity contribution in [3.05, 3.63) is 51.9 Å². The van der Waals surface area contributed by atoms with Crippen molar-refractivity contribution in [2.75, 3.05) is 18.5 Å². The molecule has 2 amide bonds. The van der Waals surface area contributed by atoms with E-state index < -0.39 is 30.4 Å². The van der Waals surface area contributed by atoms with Crippen molar-refractivity contribution in [3.63, 3.8) is 0 Å². The van der Waals surface area contributed by atoms with E-state index in [4.69, 9.17) is 15.2 Å². The van der Waals surface area contributed by atoms with Crippen molar-refractivity contribution in [2.24, 2.45) is 5.73 Å². The number of amides is 2. The minimum Gasteiger partial charge on any atom is -0.462 e. The summed E-state index contributed by atoms with van der Waals surface area (Å²) in [5.41, 5.74) is 6.85. The smallest absolute Gasteiger partial charge is 0.341 e. The van der Waals surface area contributed by atoms with Crippen LogP contribution in [0, 0.1) is 0 Å². The Morgan fingerprint density at radius 3 is 2.31 bits per heavy atom. The Labute approximate surface area is 171 Å². The molecule has 29 heavy (non-hydrogen) atoms. The highest BCUT2D eigenvalue weighted by molar-refractivity contribution is 7.15. The first-order chi connectivity index (χ1) is 13.9.